The molecule has 0 spiro atoms. The third-order valence-electron chi connectivity index (χ3n) is 3.24. The fourth-order valence-corrected chi connectivity index (χ4v) is 1.10. The zero-order chi connectivity index (χ0) is 13.5. The maximum absolute atomic E-state index is 11.4. The molecule has 0 bridgehead atoms. The molecule has 2 amide bonds. The second-order valence-electron chi connectivity index (χ2n) is 4.80. The summed E-state index contributed by atoms with van der Waals surface area (Å²) in [5.41, 5.74) is -0.895. The number of carboxylic acids is 1. The van der Waals surface area contributed by atoms with Crippen molar-refractivity contribution in [3.63, 3.8) is 0 Å². The van der Waals surface area contributed by atoms with Gasteiger partial charge in [-0.15, -0.1) is 0 Å². The van der Waals surface area contributed by atoms with Crippen LogP contribution in [0.3, 0.4) is 0 Å². The van der Waals surface area contributed by atoms with E-state index < -0.39 is 11.4 Å². The third kappa shape index (κ3) is 5.56. The fourth-order valence-electron chi connectivity index (χ4n) is 1.10. The first-order valence-corrected chi connectivity index (χ1v) is 6.10. The molecular formula is C12H24N2O3. The molecule has 5 nitrogen and oxygen atoms in total. The van der Waals surface area contributed by atoms with E-state index in [-0.39, 0.29) is 12.6 Å². The Hall–Kier alpha value is -1.26. The highest BCUT2D eigenvalue weighted by Crippen LogP contribution is 2.19. The summed E-state index contributed by atoms with van der Waals surface area (Å²) in [5.74, 6) is -0.458. The molecule has 0 aliphatic heterocycles. The van der Waals surface area contributed by atoms with Crippen LogP contribution in [0.4, 0.5) is 4.79 Å². The zero-order valence-corrected chi connectivity index (χ0v) is 11.2. The largest absolute Gasteiger partial charge is 0.481 e. The number of aliphatic carboxylic acids is 1. The van der Waals surface area contributed by atoms with Crippen LogP contribution in [-0.2, 0) is 4.79 Å². The van der Waals surface area contributed by atoms with Crippen LogP contribution in [0.15, 0.2) is 0 Å². The van der Waals surface area contributed by atoms with Crippen LogP contribution in [-0.4, -0.2) is 30.2 Å². The molecule has 0 fully saturated rings. The van der Waals surface area contributed by atoms with Crippen LogP contribution in [0.2, 0.25) is 0 Å². The summed E-state index contributed by atoms with van der Waals surface area (Å²) in [6, 6.07) is -0.300. The Morgan fingerprint density at radius 2 is 1.88 bits per heavy atom. The van der Waals surface area contributed by atoms with Crippen molar-refractivity contribution in [1.82, 2.24) is 10.6 Å². The van der Waals surface area contributed by atoms with E-state index >= 15 is 0 Å². The first-order chi connectivity index (χ1) is 7.85. The molecule has 0 aliphatic rings. The average molecular weight is 244 g/mol. The molecule has 100 valence electrons. The van der Waals surface area contributed by atoms with Crippen molar-refractivity contribution in [2.24, 2.45) is 11.3 Å². The van der Waals surface area contributed by atoms with Crippen molar-refractivity contribution in [3.05, 3.63) is 0 Å². The molecule has 17 heavy (non-hydrogen) atoms. The fraction of sp³-hybridized carbons (Fsp3) is 0.833. The van der Waals surface area contributed by atoms with E-state index in [4.69, 9.17) is 5.11 Å². The van der Waals surface area contributed by atoms with Crippen molar-refractivity contribution >= 4 is 12.0 Å². The molecule has 0 saturated carbocycles. The number of carboxylic acid groups (broad SMARTS) is 1. The number of urea groups is 1. The highest BCUT2D eigenvalue weighted by molar-refractivity contribution is 5.77. The summed E-state index contributed by atoms with van der Waals surface area (Å²) in [5, 5.41) is 14.4. The molecule has 0 heterocycles. The Labute approximate surface area is 103 Å². The lowest BCUT2D eigenvalue weighted by atomic mass is 9.88. The maximum atomic E-state index is 11.4. The SMILES string of the molecule is CCC(C)CNC(=O)NCC(C)(CC)C(=O)O. The molecule has 0 aromatic rings. The van der Waals surface area contributed by atoms with Crippen LogP contribution < -0.4 is 10.6 Å². The summed E-state index contributed by atoms with van der Waals surface area (Å²) in [6.07, 6.45) is 1.48. The Bertz CT molecular complexity index is 268. The summed E-state index contributed by atoms with van der Waals surface area (Å²) in [7, 11) is 0. The van der Waals surface area contributed by atoms with E-state index in [2.05, 4.69) is 17.6 Å². The molecule has 5 heteroatoms. The van der Waals surface area contributed by atoms with E-state index in [0.717, 1.165) is 6.42 Å². The van der Waals surface area contributed by atoms with Crippen LogP contribution in [0.1, 0.15) is 40.5 Å². The van der Waals surface area contributed by atoms with Gasteiger partial charge in [-0.2, -0.15) is 0 Å². The van der Waals surface area contributed by atoms with Gasteiger partial charge in [0.2, 0.25) is 0 Å². The van der Waals surface area contributed by atoms with Crippen molar-refractivity contribution in [3.8, 4) is 0 Å². The van der Waals surface area contributed by atoms with Gasteiger partial charge in [-0.05, 0) is 19.3 Å². The molecular weight excluding hydrogens is 220 g/mol. The first kappa shape index (κ1) is 15.7. The summed E-state index contributed by atoms with van der Waals surface area (Å²) in [6.45, 7) is 8.29. The molecule has 2 atom stereocenters. The van der Waals surface area contributed by atoms with Crippen LogP contribution in [0.25, 0.3) is 0 Å². The lowest BCUT2D eigenvalue weighted by Crippen LogP contribution is -2.45. The zero-order valence-electron chi connectivity index (χ0n) is 11.2. The van der Waals surface area contributed by atoms with Gasteiger partial charge in [0.15, 0.2) is 0 Å². The molecule has 0 aliphatic carbocycles. The number of rotatable bonds is 7. The Kier molecular flexibility index (Phi) is 6.61. The van der Waals surface area contributed by atoms with Crippen LogP contribution >= 0.6 is 0 Å². The van der Waals surface area contributed by atoms with Gasteiger partial charge < -0.3 is 15.7 Å². The Balaban J connectivity index is 4.02. The minimum atomic E-state index is -0.895. The standard InChI is InChI=1S/C12H24N2O3/c1-5-9(3)7-13-11(17)14-8-12(4,6-2)10(15)16/h9H,5-8H2,1-4H3,(H,15,16)(H2,13,14,17). The lowest BCUT2D eigenvalue weighted by molar-refractivity contribution is -0.147. The summed E-state index contributed by atoms with van der Waals surface area (Å²) < 4.78 is 0. The van der Waals surface area contributed by atoms with Gasteiger partial charge in [-0.25, -0.2) is 4.79 Å². The quantitative estimate of drug-likeness (QED) is 0.639. The van der Waals surface area contributed by atoms with E-state index in [1.165, 1.54) is 0 Å². The number of hydrogen-bond donors (Lipinski definition) is 3. The highest BCUT2D eigenvalue weighted by Gasteiger charge is 2.31. The van der Waals surface area contributed by atoms with Crippen molar-refractivity contribution in [2.45, 2.75) is 40.5 Å². The monoisotopic (exact) mass is 244 g/mol. The smallest absolute Gasteiger partial charge is 0.314 e. The van der Waals surface area contributed by atoms with E-state index in [1.54, 1.807) is 13.8 Å². The van der Waals surface area contributed by atoms with E-state index in [9.17, 15) is 9.59 Å². The number of carbonyl (C=O) groups excluding carboxylic acids is 1. The molecule has 3 N–H and O–H groups in total. The van der Waals surface area contributed by atoms with Crippen molar-refractivity contribution in [1.29, 1.82) is 0 Å². The molecule has 0 saturated heterocycles. The third-order valence-corrected chi connectivity index (χ3v) is 3.24. The number of amides is 2. The second-order valence-corrected chi connectivity index (χ2v) is 4.80. The molecule has 0 aromatic heterocycles. The topological polar surface area (TPSA) is 78.4 Å². The van der Waals surface area contributed by atoms with Gasteiger partial charge in [-0.1, -0.05) is 27.2 Å². The minimum absolute atomic E-state index is 0.144. The first-order valence-electron chi connectivity index (χ1n) is 6.10. The van der Waals surface area contributed by atoms with E-state index in [1.807, 2.05) is 6.92 Å². The summed E-state index contributed by atoms with van der Waals surface area (Å²) >= 11 is 0. The predicted octanol–water partition coefficient (Wildman–Crippen LogP) is 1.83. The van der Waals surface area contributed by atoms with Gasteiger partial charge in [-0.3, -0.25) is 4.79 Å². The van der Waals surface area contributed by atoms with Crippen molar-refractivity contribution in [2.75, 3.05) is 13.1 Å². The molecule has 0 rings (SSSR count). The van der Waals surface area contributed by atoms with E-state index in [0.29, 0.717) is 18.9 Å². The van der Waals surface area contributed by atoms with Gasteiger partial charge >= 0.3 is 12.0 Å². The molecule has 0 radical (unpaired) electrons. The van der Waals surface area contributed by atoms with Crippen LogP contribution in [0.5, 0.6) is 0 Å². The Morgan fingerprint density at radius 1 is 1.29 bits per heavy atom. The predicted molar refractivity (Wildman–Crippen MR) is 66.9 cm³/mol. The lowest BCUT2D eigenvalue weighted by Gasteiger charge is -2.23. The number of carbonyl (C=O) groups is 2. The Morgan fingerprint density at radius 3 is 2.29 bits per heavy atom. The highest BCUT2D eigenvalue weighted by atomic mass is 16.4. The van der Waals surface area contributed by atoms with Gasteiger partial charge in [0.25, 0.3) is 0 Å². The van der Waals surface area contributed by atoms with Crippen molar-refractivity contribution < 1.29 is 14.7 Å². The summed E-state index contributed by atoms with van der Waals surface area (Å²) in [4.78, 5) is 22.4. The van der Waals surface area contributed by atoms with Gasteiger partial charge in [0.1, 0.15) is 0 Å². The van der Waals surface area contributed by atoms with Crippen LogP contribution in [0, 0.1) is 11.3 Å². The van der Waals surface area contributed by atoms with Gasteiger partial charge in [0.05, 0.1) is 5.41 Å². The normalized spacial score (nSPS) is 15.8. The molecule has 2 unspecified atom stereocenters. The minimum Gasteiger partial charge on any atom is -0.481 e. The maximum Gasteiger partial charge on any atom is 0.314 e. The number of hydrogen-bond acceptors (Lipinski definition) is 2. The molecule has 0 aromatic carbocycles. The average Bonchev–Trinajstić information content (AvgIpc) is 2.32. The second kappa shape index (κ2) is 7.14. The number of nitrogens with one attached hydrogen (secondary N) is 2. The van der Waals surface area contributed by atoms with Gasteiger partial charge in [0, 0.05) is 13.1 Å².